The highest BCUT2D eigenvalue weighted by Gasteiger charge is 2.21. The Hall–Kier alpha value is -1.68. The summed E-state index contributed by atoms with van der Waals surface area (Å²) in [4.78, 5) is 0. The van der Waals surface area contributed by atoms with Gasteiger partial charge in [0.2, 0.25) is 11.8 Å². The van der Waals surface area contributed by atoms with E-state index in [-0.39, 0.29) is 5.41 Å². The van der Waals surface area contributed by atoms with Crippen molar-refractivity contribution in [2.45, 2.75) is 46.0 Å². The number of hydrogen-bond donors (Lipinski definition) is 1. The number of benzene rings is 1. The quantitative estimate of drug-likeness (QED) is 0.825. The second-order valence-corrected chi connectivity index (χ2v) is 6.25. The van der Waals surface area contributed by atoms with Gasteiger partial charge in [0.25, 0.3) is 0 Å². The zero-order valence-electron chi connectivity index (χ0n) is 13.4. The van der Waals surface area contributed by atoms with E-state index in [2.05, 4.69) is 61.4 Å². The summed E-state index contributed by atoms with van der Waals surface area (Å²) in [7, 11) is 0. The maximum Gasteiger partial charge on any atom is 0.248 e. The fourth-order valence-corrected chi connectivity index (χ4v) is 2.33. The van der Waals surface area contributed by atoms with Crippen LogP contribution in [0.2, 0.25) is 0 Å². The predicted octanol–water partition coefficient (Wildman–Crippen LogP) is 3.58. The third kappa shape index (κ3) is 4.14. The second kappa shape index (κ2) is 6.85. The molecule has 2 aromatic rings. The highest BCUT2D eigenvalue weighted by molar-refractivity contribution is 5.60. The van der Waals surface area contributed by atoms with E-state index in [1.807, 2.05) is 6.07 Å². The molecule has 0 spiro atoms. The van der Waals surface area contributed by atoms with Crippen molar-refractivity contribution in [2.75, 3.05) is 13.1 Å². The van der Waals surface area contributed by atoms with Gasteiger partial charge in [0, 0.05) is 12.0 Å². The molecule has 0 saturated heterocycles. The van der Waals surface area contributed by atoms with Crippen molar-refractivity contribution in [1.29, 1.82) is 0 Å². The Balaban J connectivity index is 2.15. The van der Waals surface area contributed by atoms with Gasteiger partial charge in [-0.05, 0) is 36.6 Å². The summed E-state index contributed by atoms with van der Waals surface area (Å²) in [5.74, 6) is 1.34. The minimum absolute atomic E-state index is 0.0519. The topological polar surface area (TPSA) is 51.0 Å². The molecule has 114 valence electrons. The highest BCUT2D eigenvalue weighted by Crippen LogP contribution is 2.32. The molecule has 0 bridgehead atoms. The van der Waals surface area contributed by atoms with Crippen molar-refractivity contribution in [2.24, 2.45) is 0 Å². The van der Waals surface area contributed by atoms with Crippen molar-refractivity contribution in [3.63, 3.8) is 0 Å². The highest BCUT2D eigenvalue weighted by atomic mass is 16.4. The average molecular weight is 287 g/mol. The van der Waals surface area contributed by atoms with Crippen molar-refractivity contribution >= 4 is 0 Å². The van der Waals surface area contributed by atoms with Crippen LogP contribution in [0.25, 0.3) is 11.5 Å². The largest absolute Gasteiger partial charge is 0.421 e. The lowest BCUT2D eigenvalue weighted by Crippen LogP contribution is -2.14. The number of hydrogen-bond acceptors (Lipinski definition) is 4. The molecule has 0 saturated carbocycles. The van der Waals surface area contributed by atoms with Crippen LogP contribution in [0.3, 0.4) is 0 Å². The minimum Gasteiger partial charge on any atom is -0.421 e. The third-order valence-corrected chi connectivity index (χ3v) is 3.43. The van der Waals surface area contributed by atoms with Crippen molar-refractivity contribution in [3.05, 3.63) is 35.7 Å². The van der Waals surface area contributed by atoms with Gasteiger partial charge in [-0.15, -0.1) is 10.2 Å². The van der Waals surface area contributed by atoms with Crippen molar-refractivity contribution in [1.82, 2.24) is 15.5 Å². The molecule has 4 nitrogen and oxygen atoms in total. The smallest absolute Gasteiger partial charge is 0.248 e. The molecular formula is C17H25N3O. The van der Waals surface area contributed by atoms with Gasteiger partial charge in [-0.2, -0.15) is 0 Å². The van der Waals surface area contributed by atoms with Crippen LogP contribution in [0.15, 0.2) is 28.7 Å². The third-order valence-electron chi connectivity index (χ3n) is 3.43. The van der Waals surface area contributed by atoms with Gasteiger partial charge in [-0.25, -0.2) is 0 Å². The molecule has 0 aliphatic rings. The van der Waals surface area contributed by atoms with Crippen LogP contribution in [0.1, 0.15) is 45.6 Å². The SMILES string of the molecule is CCNCCCc1nnc(-c2ccccc2C(C)(C)C)o1. The Morgan fingerprint density at radius 2 is 1.90 bits per heavy atom. The fraction of sp³-hybridized carbons (Fsp3) is 0.529. The molecule has 1 heterocycles. The summed E-state index contributed by atoms with van der Waals surface area (Å²) in [5.41, 5.74) is 2.32. The number of aryl methyl sites for hydroxylation is 1. The number of aromatic nitrogens is 2. The first kappa shape index (κ1) is 15.7. The molecule has 2 rings (SSSR count). The van der Waals surface area contributed by atoms with Crippen molar-refractivity contribution < 1.29 is 4.42 Å². The van der Waals surface area contributed by atoms with Gasteiger partial charge in [0.05, 0.1) is 0 Å². The van der Waals surface area contributed by atoms with Crippen LogP contribution in [0.4, 0.5) is 0 Å². The summed E-state index contributed by atoms with van der Waals surface area (Å²) in [6.07, 6.45) is 1.83. The van der Waals surface area contributed by atoms with Crippen molar-refractivity contribution in [3.8, 4) is 11.5 Å². The van der Waals surface area contributed by atoms with Crippen LogP contribution in [0.5, 0.6) is 0 Å². The normalized spacial score (nSPS) is 11.8. The van der Waals surface area contributed by atoms with Gasteiger partial charge in [-0.1, -0.05) is 45.9 Å². The molecule has 0 aliphatic carbocycles. The Labute approximate surface area is 127 Å². The molecule has 0 aliphatic heterocycles. The predicted molar refractivity (Wildman–Crippen MR) is 85.3 cm³/mol. The van der Waals surface area contributed by atoms with Gasteiger partial charge in [0.15, 0.2) is 0 Å². The molecule has 0 atom stereocenters. The molecule has 1 aromatic carbocycles. The molecule has 0 radical (unpaired) electrons. The zero-order chi connectivity index (χ0) is 15.3. The molecule has 21 heavy (non-hydrogen) atoms. The Kier molecular flexibility index (Phi) is 5.12. The fourth-order valence-electron chi connectivity index (χ4n) is 2.33. The van der Waals surface area contributed by atoms with E-state index in [0.29, 0.717) is 11.8 Å². The summed E-state index contributed by atoms with van der Waals surface area (Å²) >= 11 is 0. The van der Waals surface area contributed by atoms with Crippen LogP contribution >= 0.6 is 0 Å². The lowest BCUT2D eigenvalue weighted by molar-refractivity contribution is 0.490. The molecule has 4 heteroatoms. The standard InChI is InChI=1S/C17H25N3O/c1-5-18-12-8-11-15-19-20-16(21-15)13-9-6-7-10-14(13)17(2,3)4/h6-7,9-10,18H,5,8,11-12H2,1-4H3. The minimum atomic E-state index is 0.0519. The van der Waals surface area contributed by atoms with Gasteiger partial charge in [0.1, 0.15) is 0 Å². The van der Waals surface area contributed by atoms with Crippen LogP contribution in [0, 0.1) is 0 Å². The first-order valence-corrected chi connectivity index (χ1v) is 7.65. The van der Waals surface area contributed by atoms with Crippen LogP contribution < -0.4 is 5.32 Å². The first-order chi connectivity index (χ1) is 10.0. The van der Waals surface area contributed by atoms with E-state index < -0.39 is 0 Å². The summed E-state index contributed by atoms with van der Waals surface area (Å²) in [6, 6.07) is 8.25. The Morgan fingerprint density at radius 3 is 2.62 bits per heavy atom. The second-order valence-electron chi connectivity index (χ2n) is 6.25. The molecule has 0 amide bonds. The Bertz CT molecular complexity index is 569. The first-order valence-electron chi connectivity index (χ1n) is 7.65. The van der Waals surface area contributed by atoms with E-state index in [4.69, 9.17) is 4.42 Å². The maximum absolute atomic E-state index is 5.84. The summed E-state index contributed by atoms with van der Waals surface area (Å²) < 4.78 is 5.84. The van der Waals surface area contributed by atoms with Crippen LogP contribution in [-0.4, -0.2) is 23.3 Å². The monoisotopic (exact) mass is 287 g/mol. The van der Waals surface area contributed by atoms with E-state index in [1.165, 1.54) is 5.56 Å². The zero-order valence-corrected chi connectivity index (χ0v) is 13.4. The molecular weight excluding hydrogens is 262 g/mol. The van der Waals surface area contributed by atoms with E-state index in [0.717, 1.165) is 31.5 Å². The molecule has 1 N–H and O–H groups in total. The maximum atomic E-state index is 5.84. The van der Waals surface area contributed by atoms with Crippen LogP contribution in [-0.2, 0) is 11.8 Å². The van der Waals surface area contributed by atoms with Gasteiger partial charge >= 0.3 is 0 Å². The molecule has 0 unspecified atom stereocenters. The van der Waals surface area contributed by atoms with E-state index >= 15 is 0 Å². The lowest BCUT2D eigenvalue weighted by atomic mass is 9.84. The van der Waals surface area contributed by atoms with E-state index in [9.17, 15) is 0 Å². The molecule has 0 fully saturated rings. The number of nitrogens with one attached hydrogen (secondary N) is 1. The van der Waals surface area contributed by atoms with Gasteiger partial charge in [-0.3, -0.25) is 0 Å². The van der Waals surface area contributed by atoms with Gasteiger partial charge < -0.3 is 9.73 Å². The van der Waals surface area contributed by atoms with E-state index in [1.54, 1.807) is 0 Å². The molecule has 1 aromatic heterocycles. The Morgan fingerprint density at radius 1 is 1.14 bits per heavy atom. The number of rotatable bonds is 6. The summed E-state index contributed by atoms with van der Waals surface area (Å²) in [6.45, 7) is 10.7. The number of nitrogens with zero attached hydrogens (tertiary/aromatic N) is 2. The average Bonchev–Trinajstić information content (AvgIpc) is 2.91. The lowest BCUT2D eigenvalue weighted by Gasteiger charge is -2.21. The summed E-state index contributed by atoms with van der Waals surface area (Å²) in [5, 5.41) is 11.7.